The van der Waals surface area contributed by atoms with Crippen LogP contribution in [-0.2, 0) is 6.54 Å². The molecule has 0 aliphatic carbocycles. The van der Waals surface area contributed by atoms with Crippen LogP contribution in [0.3, 0.4) is 0 Å². The SMILES string of the molecule is Cc1ccc(CNC(=O)c2ccc3c(c2)C(=O)N(C)C3=O)cc1. The fourth-order valence-corrected chi connectivity index (χ4v) is 2.49. The third-order valence-corrected chi connectivity index (χ3v) is 3.93. The highest BCUT2D eigenvalue weighted by Gasteiger charge is 2.33. The minimum absolute atomic E-state index is 0.275. The number of rotatable bonds is 3. The van der Waals surface area contributed by atoms with Crippen molar-refractivity contribution in [2.75, 3.05) is 7.05 Å². The van der Waals surface area contributed by atoms with Crippen molar-refractivity contribution < 1.29 is 14.4 Å². The van der Waals surface area contributed by atoms with E-state index in [2.05, 4.69) is 5.32 Å². The van der Waals surface area contributed by atoms with Crippen LogP contribution in [0.2, 0.25) is 0 Å². The number of nitrogens with zero attached hydrogens (tertiary/aromatic N) is 1. The van der Waals surface area contributed by atoms with Gasteiger partial charge in [0.2, 0.25) is 0 Å². The summed E-state index contributed by atoms with van der Waals surface area (Å²) in [6.45, 7) is 2.41. The van der Waals surface area contributed by atoms with Crippen molar-refractivity contribution in [3.8, 4) is 0 Å². The highest BCUT2D eigenvalue weighted by molar-refractivity contribution is 6.21. The van der Waals surface area contributed by atoms with Crippen molar-refractivity contribution in [1.29, 1.82) is 0 Å². The van der Waals surface area contributed by atoms with Gasteiger partial charge in [-0.3, -0.25) is 19.3 Å². The summed E-state index contributed by atoms with van der Waals surface area (Å²) in [5, 5.41) is 2.81. The molecule has 5 heteroatoms. The van der Waals surface area contributed by atoms with Gasteiger partial charge in [-0.2, -0.15) is 0 Å². The monoisotopic (exact) mass is 308 g/mol. The molecular weight excluding hydrogens is 292 g/mol. The summed E-state index contributed by atoms with van der Waals surface area (Å²) in [5.74, 6) is -0.988. The molecular formula is C18H16N2O3. The second-order valence-corrected chi connectivity index (χ2v) is 5.60. The van der Waals surface area contributed by atoms with E-state index in [9.17, 15) is 14.4 Å². The molecule has 5 nitrogen and oxygen atoms in total. The topological polar surface area (TPSA) is 66.5 Å². The van der Waals surface area contributed by atoms with Crippen LogP contribution in [0, 0.1) is 6.92 Å². The lowest BCUT2D eigenvalue weighted by Crippen LogP contribution is -2.24. The summed E-state index contributed by atoms with van der Waals surface area (Å²) in [7, 11) is 1.43. The van der Waals surface area contributed by atoms with Crippen molar-refractivity contribution in [2.24, 2.45) is 0 Å². The Labute approximate surface area is 133 Å². The molecule has 0 fully saturated rings. The molecule has 2 aromatic carbocycles. The molecule has 1 aliphatic rings. The molecule has 1 N–H and O–H groups in total. The number of fused-ring (bicyclic) bond motifs is 1. The molecule has 2 aromatic rings. The van der Waals surface area contributed by atoms with E-state index >= 15 is 0 Å². The van der Waals surface area contributed by atoms with Gasteiger partial charge in [0.05, 0.1) is 11.1 Å². The highest BCUT2D eigenvalue weighted by Crippen LogP contribution is 2.22. The zero-order valence-corrected chi connectivity index (χ0v) is 12.9. The Bertz CT molecular complexity index is 810. The number of hydrogen-bond acceptors (Lipinski definition) is 3. The predicted octanol–water partition coefficient (Wildman–Crippen LogP) is 2.15. The lowest BCUT2D eigenvalue weighted by Gasteiger charge is -2.06. The van der Waals surface area contributed by atoms with Crippen LogP contribution in [-0.4, -0.2) is 29.7 Å². The van der Waals surface area contributed by atoms with E-state index in [1.54, 1.807) is 6.07 Å². The quantitative estimate of drug-likeness (QED) is 0.884. The van der Waals surface area contributed by atoms with Crippen LogP contribution >= 0.6 is 0 Å². The molecule has 0 spiro atoms. The first-order chi connectivity index (χ1) is 11.0. The first-order valence-corrected chi connectivity index (χ1v) is 7.27. The Hall–Kier alpha value is -2.95. The van der Waals surface area contributed by atoms with E-state index in [1.165, 1.54) is 19.2 Å². The van der Waals surface area contributed by atoms with Gasteiger partial charge in [0.1, 0.15) is 0 Å². The van der Waals surface area contributed by atoms with Gasteiger partial charge in [-0.25, -0.2) is 0 Å². The first kappa shape index (κ1) is 15.0. The lowest BCUT2D eigenvalue weighted by atomic mass is 10.1. The van der Waals surface area contributed by atoms with Gasteiger partial charge in [-0.05, 0) is 30.7 Å². The van der Waals surface area contributed by atoms with Crippen molar-refractivity contribution in [3.05, 3.63) is 70.3 Å². The summed E-state index contributed by atoms with van der Waals surface area (Å²) >= 11 is 0. The third-order valence-electron chi connectivity index (χ3n) is 3.93. The fraction of sp³-hybridized carbons (Fsp3) is 0.167. The minimum Gasteiger partial charge on any atom is -0.348 e. The van der Waals surface area contributed by atoms with E-state index < -0.39 is 0 Å². The van der Waals surface area contributed by atoms with Crippen LogP contribution in [0.4, 0.5) is 0 Å². The number of carbonyl (C=O) groups excluding carboxylic acids is 3. The molecule has 3 amide bonds. The molecule has 0 aromatic heterocycles. The van der Waals surface area contributed by atoms with Gasteiger partial charge in [0.25, 0.3) is 17.7 Å². The van der Waals surface area contributed by atoms with Gasteiger partial charge in [-0.15, -0.1) is 0 Å². The number of carbonyl (C=O) groups is 3. The summed E-state index contributed by atoms with van der Waals surface area (Å²) < 4.78 is 0. The maximum absolute atomic E-state index is 12.2. The van der Waals surface area contributed by atoms with Crippen LogP contribution in [0.25, 0.3) is 0 Å². The molecule has 116 valence electrons. The second-order valence-electron chi connectivity index (χ2n) is 5.60. The summed E-state index contributed by atoms with van der Waals surface area (Å²) in [4.78, 5) is 37.1. The molecule has 23 heavy (non-hydrogen) atoms. The maximum atomic E-state index is 12.2. The summed E-state index contributed by atoms with van der Waals surface area (Å²) in [6, 6.07) is 12.4. The maximum Gasteiger partial charge on any atom is 0.261 e. The third kappa shape index (κ3) is 2.73. The highest BCUT2D eigenvalue weighted by atomic mass is 16.2. The number of imide groups is 1. The molecule has 0 saturated heterocycles. The van der Waals surface area contributed by atoms with Crippen LogP contribution in [0.1, 0.15) is 42.2 Å². The average Bonchev–Trinajstić information content (AvgIpc) is 2.78. The molecule has 0 saturated carbocycles. The molecule has 0 radical (unpaired) electrons. The Kier molecular flexibility index (Phi) is 3.70. The molecule has 0 atom stereocenters. The van der Waals surface area contributed by atoms with Crippen molar-refractivity contribution >= 4 is 17.7 Å². The zero-order chi connectivity index (χ0) is 16.6. The Morgan fingerprint density at radius 3 is 2.35 bits per heavy atom. The van der Waals surface area contributed by atoms with E-state index in [0.29, 0.717) is 17.7 Å². The molecule has 3 rings (SSSR count). The van der Waals surface area contributed by atoms with E-state index in [0.717, 1.165) is 16.0 Å². The zero-order valence-electron chi connectivity index (χ0n) is 12.9. The molecule has 0 bridgehead atoms. The number of hydrogen-bond donors (Lipinski definition) is 1. The van der Waals surface area contributed by atoms with Crippen LogP contribution < -0.4 is 5.32 Å². The number of nitrogens with one attached hydrogen (secondary N) is 1. The molecule has 1 aliphatic heterocycles. The smallest absolute Gasteiger partial charge is 0.261 e. The van der Waals surface area contributed by atoms with Gasteiger partial charge < -0.3 is 5.32 Å². The number of amides is 3. The molecule has 1 heterocycles. The standard InChI is InChI=1S/C18H16N2O3/c1-11-3-5-12(6-4-11)10-19-16(21)13-7-8-14-15(9-13)18(23)20(2)17(14)22/h3-9H,10H2,1-2H3,(H,19,21). The number of aryl methyl sites for hydroxylation is 1. The van der Waals surface area contributed by atoms with E-state index in [1.807, 2.05) is 31.2 Å². The summed E-state index contributed by atoms with van der Waals surface area (Å²) in [6.07, 6.45) is 0. The Morgan fingerprint density at radius 2 is 1.65 bits per heavy atom. The Balaban J connectivity index is 1.75. The van der Waals surface area contributed by atoms with Crippen molar-refractivity contribution in [1.82, 2.24) is 10.2 Å². The number of benzene rings is 2. The van der Waals surface area contributed by atoms with Gasteiger partial charge in [0, 0.05) is 19.2 Å². The Morgan fingerprint density at radius 1 is 1.00 bits per heavy atom. The van der Waals surface area contributed by atoms with Crippen LogP contribution in [0.5, 0.6) is 0 Å². The van der Waals surface area contributed by atoms with Crippen molar-refractivity contribution in [3.63, 3.8) is 0 Å². The van der Waals surface area contributed by atoms with Crippen molar-refractivity contribution in [2.45, 2.75) is 13.5 Å². The summed E-state index contributed by atoms with van der Waals surface area (Å²) in [5.41, 5.74) is 3.14. The van der Waals surface area contributed by atoms with Gasteiger partial charge >= 0.3 is 0 Å². The van der Waals surface area contributed by atoms with Crippen LogP contribution in [0.15, 0.2) is 42.5 Å². The first-order valence-electron chi connectivity index (χ1n) is 7.27. The largest absolute Gasteiger partial charge is 0.348 e. The molecule has 0 unspecified atom stereocenters. The van der Waals surface area contributed by atoms with E-state index in [4.69, 9.17) is 0 Å². The second kappa shape index (κ2) is 5.68. The normalized spacial score (nSPS) is 13.2. The lowest BCUT2D eigenvalue weighted by molar-refractivity contribution is 0.0693. The minimum atomic E-state index is -0.377. The van der Waals surface area contributed by atoms with Gasteiger partial charge in [0.15, 0.2) is 0 Å². The predicted molar refractivity (Wildman–Crippen MR) is 85.2 cm³/mol. The van der Waals surface area contributed by atoms with Gasteiger partial charge in [-0.1, -0.05) is 29.8 Å². The fourth-order valence-electron chi connectivity index (χ4n) is 2.49. The average molecular weight is 308 g/mol. The van der Waals surface area contributed by atoms with E-state index in [-0.39, 0.29) is 23.3 Å².